The molecule has 3 rings (SSSR count). The summed E-state index contributed by atoms with van der Waals surface area (Å²) in [7, 11) is 0. The number of carbonyl (C=O) groups excluding carboxylic acids is 1. The number of nitrogens with zero attached hydrogens (tertiary/aromatic N) is 1. The molecule has 0 unspecified atom stereocenters. The van der Waals surface area contributed by atoms with Gasteiger partial charge in [-0.15, -0.1) is 11.3 Å². The van der Waals surface area contributed by atoms with Crippen molar-refractivity contribution in [1.29, 1.82) is 0 Å². The molecule has 0 saturated heterocycles. The van der Waals surface area contributed by atoms with E-state index in [1.165, 1.54) is 16.9 Å². The average Bonchev–Trinajstić information content (AvgIpc) is 3.11. The van der Waals surface area contributed by atoms with Crippen LogP contribution in [0.1, 0.15) is 42.6 Å². The molecule has 0 aliphatic carbocycles. The van der Waals surface area contributed by atoms with Crippen molar-refractivity contribution in [2.75, 3.05) is 11.9 Å². The second kappa shape index (κ2) is 8.15. The Bertz CT molecular complexity index is 868. The van der Waals surface area contributed by atoms with E-state index in [0.717, 1.165) is 17.0 Å². The number of carbonyl (C=O) groups is 1. The fourth-order valence-corrected chi connectivity index (χ4v) is 3.26. The van der Waals surface area contributed by atoms with Crippen molar-refractivity contribution in [3.63, 3.8) is 0 Å². The monoisotopic (exact) mass is 366 g/mol. The van der Waals surface area contributed by atoms with Crippen LogP contribution in [-0.2, 0) is 0 Å². The van der Waals surface area contributed by atoms with Crippen LogP contribution in [0.3, 0.4) is 0 Å². The molecule has 134 valence electrons. The van der Waals surface area contributed by atoms with Gasteiger partial charge in [0.1, 0.15) is 5.75 Å². The second-order valence-corrected chi connectivity index (χ2v) is 7.08. The highest BCUT2D eigenvalue weighted by Crippen LogP contribution is 2.27. The number of hydrogen-bond donors (Lipinski definition) is 1. The van der Waals surface area contributed by atoms with Crippen molar-refractivity contribution < 1.29 is 9.53 Å². The highest BCUT2D eigenvalue weighted by molar-refractivity contribution is 7.14. The fourth-order valence-electron chi connectivity index (χ4n) is 2.54. The summed E-state index contributed by atoms with van der Waals surface area (Å²) in [5.41, 5.74) is 3.68. The van der Waals surface area contributed by atoms with Crippen LogP contribution in [0, 0.1) is 0 Å². The lowest BCUT2D eigenvalue weighted by Gasteiger charge is -2.06. The molecule has 0 radical (unpaired) electrons. The van der Waals surface area contributed by atoms with Gasteiger partial charge in [-0.25, -0.2) is 4.98 Å². The summed E-state index contributed by atoms with van der Waals surface area (Å²) in [4.78, 5) is 16.9. The van der Waals surface area contributed by atoms with Crippen LogP contribution in [0.25, 0.3) is 11.3 Å². The predicted octanol–water partition coefficient (Wildman–Crippen LogP) is 5.58. The second-order valence-electron chi connectivity index (χ2n) is 6.23. The van der Waals surface area contributed by atoms with E-state index in [4.69, 9.17) is 4.74 Å². The van der Waals surface area contributed by atoms with Gasteiger partial charge in [-0.3, -0.25) is 10.1 Å². The van der Waals surface area contributed by atoms with Gasteiger partial charge < -0.3 is 4.74 Å². The van der Waals surface area contributed by atoms with E-state index >= 15 is 0 Å². The van der Waals surface area contributed by atoms with Crippen molar-refractivity contribution in [1.82, 2.24) is 4.98 Å². The van der Waals surface area contributed by atoms with Gasteiger partial charge >= 0.3 is 0 Å². The number of amides is 1. The van der Waals surface area contributed by atoms with Gasteiger partial charge in [-0.05, 0) is 54.8 Å². The molecule has 26 heavy (non-hydrogen) atoms. The molecule has 0 bridgehead atoms. The zero-order chi connectivity index (χ0) is 18.5. The molecule has 1 N–H and O–H groups in total. The van der Waals surface area contributed by atoms with E-state index in [2.05, 4.69) is 24.1 Å². The first-order valence-electron chi connectivity index (χ1n) is 8.67. The van der Waals surface area contributed by atoms with Crippen molar-refractivity contribution in [3.05, 3.63) is 65.0 Å². The first kappa shape index (κ1) is 18.1. The molecule has 4 nitrogen and oxygen atoms in total. The molecule has 1 aromatic heterocycles. The number of rotatable bonds is 6. The zero-order valence-corrected chi connectivity index (χ0v) is 16.0. The van der Waals surface area contributed by atoms with E-state index in [9.17, 15) is 4.79 Å². The number of benzene rings is 2. The average molecular weight is 366 g/mol. The summed E-state index contributed by atoms with van der Waals surface area (Å²) in [6.07, 6.45) is 0. The van der Waals surface area contributed by atoms with E-state index in [-0.39, 0.29) is 5.91 Å². The molecule has 1 heterocycles. The predicted molar refractivity (Wildman–Crippen MR) is 107 cm³/mol. The van der Waals surface area contributed by atoms with Gasteiger partial charge in [0.25, 0.3) is 5.91 Å². The lowest BCUT2D eigenvalue weighted by Crippen LogP contribution is -2.11. The number of ether oxygens (including phenoxy) is 1. The fraction of sp³-hybridized carbons (Fsp3) is 0.238. The molecule has 0 aliphatic rings. The van der Waals surface area contributed by atoms with Crippen LogP contribution >= 0.6 is 11.3 Å². The van der Waals surface area contributed by atoms with Crippen molar-refractivity contribution in [2.24, 2.45) is 0 Å². The highest BCUT2D eigenvalue weighted by Gasteiger charge is 2.11. The third-order valence-electron chi connectivity index (χ3n) is 4.03. The van der Waals surface area contributed by atoms with E-state index < -0.39 is 0 Å². The van der Waals surface area contributed by atoms with Crippen LogP contribution in [-0.4, -0.2) is 17.5 Å². The Morgan fingerprint density at radius 2 is 1.81 bits per heavy atom. The number of hydrogen-bond acceptors (Lipinski definition) is 4. The van der Waals surface area contributed by atoms with Crippen molar-refractivity contribution in [2.45, 2.75) is 26.7 Å². The van der Waals surface area contributed by atoms with Crippen LogP contribution in [0.15, 0.2) is 53.9 Å². The molecule has 5 heteroatoms. The van der Waals surface area contributed by atoms with Crippen LogP contribution in [0.2, 0.25) is 0 Å². The van der Waals surface area contributed by atoms with Crippen LogP contribution < -0.4 is 10.1 Å². The number of aromatic nitrogens is 1. The highest BCUT2D eigenvalue weighted by atomic mass is 32.1. The Morgan fingerprint density at radius 3 is 2.42 bits per heavy atom. The van der Waals surface area contributed by atoms with E-state index in [1.54, 1.807) is 0 Å². The quantitative estimate of drug-likeness (QED) is 0.619. The molecule has 0 atom stereocenters. The molecular formula is C21H22N2O2S. The normalized spacial score (nSPS) is 10.8. The van der Waals surface area contributed by atoms with Gasteiger partial charge in [0.15, 0.2) is 5.13 Å². The number of thiazole rings is 1. The first-order valence-corrected chi connectivity index (χ1v) is 9.55. The smallest absolute Gasteiger partial charge is 0.257 e. The Kier molecular flexibility index (Phi) is 5.68. The molecule has 0 fully saturated rings. The van der Waals surface area contributed by atoms with Crippen LogP contribution in [0.5, 0.6) is 5.75 Å². The number of nitrogens with one attached hydrogen (secondary N) is 1. The van der Waals surface area contributed by atoms with E-state index in [0.29, 0.717) is 23.2 Å². The molecule has 0 spiro atoms. The summed E-state index contributed by atoms with van der Waals surface area (Å²) in [5, 5.41) is 5.40. The molecule has 2 aromatic carbocycles. The minimum atomic E-state index is -0.145. The summed E-state index contributed by atoms with van der Waals surface area (Å²) >= 11 is 1.42. The van der Waals surface area contributed by atoms with Gasteiger partial charge in [0, 0.05) is 16.5 Å². The van der Waals surface area contributed by atoms with Crippen molar-refractivity contribution >= 4 is 22.4 Å². The van der Waals surface area contributed by atoms with Crippen molar-refractivity contribution in [3.8, 4) is 17.0 Å². The lowest BCUT2D eigenvalue weighted by molar-refractivity contribution is 0.102. The SMILES string of the molecule is CCOc1ccc(-c2csc(NC(=O)c3ccc(C(C)C)cc3)n2)cc1. The maximum absolute atomic E-state index is 12.4. The van der Waals surface area contributed by atoms with Gasteiger partial charge in [-0.1, -0.05) is 26.0 Å². The Hall–Kier alpha value is -2.66. The number of anilines is 1. The summed E-state index contributed by atoms with van der Waals surface area (Å²) < 4.78 is 5.45. The third-order valence-corrected chi connectivity index (χ3v) is 4.78. The molecular weight excluding hydrogens is 344 g/mol. The lowest BCUT2D eigenvalue weighted by atomic mass is 10.0. The van der Waals surface area contributed by atoms with Gasteiger partial charge in [0.05, 0.1) is 12.3 Å². The summed E-state index contributed by atoms with van der Waals surface area (Å²) in [6, 6.07) is 15.5. The third kappa shape index (κ3) is 4.29. The topological polar surface area (TPSA) is 51.2 Å². The summed E-state index contributed by atoms with van der Waals surface area (Å²) in [6.45, 7) is 6.87. The molecule has 1 amide bonds. The Labute approximate surface area is 157 Å². The maximum atomic E-state index is 12.4. The van der Waals surface area contributed by atoms with E-state index in [1.807, 2.05) is 60.8 Å². The molecule has 3 aromatic rings. The Balaban J connectivity index is 1.68. The maximum Gasteiger partial charge on any atom is 0.257 e. The summed E-state index contributed by atoms with van der Waals surface area (Å²) in [5.74, 6) is 1.14. The first-order chi connectivity index (χ1) is 12.6. The van der Waals surface area contributed by atoms with Crippen LogP contribution in [0.4, 0.5) is 5.13 Å². The van der Waals surface area contributed by atoms with Gasteiger partial charge in [0.2, 0.25) is 0 Å². The molecule has 0 aliphatic heterocycles. The minimum Gasteiger partial charge on any atom is -0.494 e. The standard InChI is InChI=1S/C21H22N2O2S/c1-4-25-18-11-9-16(10-12-18)19-13-26-21(22-19)23-20(24)17-7-5-15(6-8-17)14(2)3/h5-14H,4H2,1-3H3,(H,22,23,24). The molecule has 0 saturated carbocycles. The Morgan fingerprint density at radius 1 is 1.12 bits per heavy atom. The minimum absolute atomic E-state index is 0.145. The van der Waals surface area contributed by atoms with Gasteiger partial charge in [-0.2, -0.15) is 0 Å². The largest absolute Gasteiger partial charge is 0.494 e. The zero-order valence-electron chi connectivity index (χ0n) is 15.2.